The van der Waals surface area contributed by atoms with Gasteiger partial charge in [0, 0.05) is 26.2 Å². The number of hydrogen-bond donors (Lipinski definition) is 0. The highest BCUT2D eigenvalue weighted by molar-refractivity contribution is 5.99. The Kier molecular flexibility index (Phi) is 3.39. The molecule has 1 aliphatic rings. The summed E-state index contributed by atoms with van der Waals surface area (Å²) in [6.45, 7) is 0.730. The maximum Gasteiger partial charge on any atom is 0.312 e. The number of hydrogen-bond acceptors (Lipinski definition) is 3. The molecule has 86 valence electrons. The molecule has 0 amide bonds. The summed E-state index contributed by atoms with van der Waals surface area (Å²) in [7, 11) is 1.92. The summed E-state index contributed by atoms with van der Waals surface area (Å²) >= 11 is 0. The molecule has 1 aromatic rings. The van der Waals surface area contributed by atoms with Crippen LogP contribution in [0.2, 0.25) is 0 Å². The van der Waals surface area contributed by atoms with Gasteiger partial charge in [0.05, 0.1) is 0 Å². The van der Waals surface area contributed by atoms with E-state index in [-0.39, 0.29) is 5.97 Å². The second kappa shape index (κ2) is 4.96. The van der Waals surface area contributed by atoms with E-state index in [1.807, 2.05) is 29.9 Å². The number of esters is 1. The van der Waals surface area contributed by atoms with Crippen LogP contribution in [0.1, 0.15) is 31.4 Å². The van der Waals surface area contributed by atoms with Gasteiger partial charge in [-0.05, 0) is 25.0 Å². The summed E-state index contributed by atoms with van der Waals surface area (Å²) in [6.07, 6.45) is 5.36. The van der Waals surface area contributed by atoms with E-state index in [1.165, 1.54) is 0 Å². The van der Waals surface area contributed by atoms with Crippen molar-refractivity contribution in [1.29, 1.82) is 0 Å². The fourth-order valence-corrected chi connectivity index (χ4v) is 1.75. The first-order valence-electron chi connectivity index (χ1n) is 5.64. The number of carbonyl (C=O) groups excluding carboxylic acids is 1. The monoisotopic (exact) mass is 220 g/mol. The molecule has 1 aromatic heterocycles. The molecular weight excluding hydrogens is 204 g/mol. The third-order valence-electron chi connectivity index (χ3n) is 2.67. The normalized spacial score (nSPS) is 18.1. The summed E-state index contributed by atoms with van der Waals surface area (Å²) in [5, 5.41) is 0. The molecule has 0 saturated carbocycles. The highest BCUT2D eigenvalue weighted by Crippen LogP contribution is 2.10. The second-order valence-electron chi connectivity index (χ2n) is 3.98. The van der Waals surface area contributed by atoms with Gasteiger partial charge in [-0.15, -0.1) is 0 Å². The van der Waals surface area contributed by atoms with Crippen molar-refractivity contribution in [1.82, 2.24) is 4.57 Å². The van der Waals surface area contributed by atoms with Crippen LogP contribution in [0.3, 0.4) is 0 Å². The van der Waals surface area contributed by atoms with E-state index < -0.39 is 0 Å². The van der Waals surface area contributed by atoms with Gasteiger partial charge in [-0.2, -0.15) is 0 Å². The van der Waals surface area contributed by atoms with E-state index in [2.05, 4.69) is 4.99 Å². The summed E-state index contributed by atoms with van der Waals surface area (Å²) in [5.41, 5.74) is 0.857. The van der Waals surface area contributed by atoms with Crippen molar-refractivity contribution in [2.24, 2.45) is 12.0 Å². The zero-order valence-corrected chi connectivity index (χ0v) is 9.48. The smallest absolute Gasteiger partial charge is 0.312 e. The molecule has 0 atom stereocenters. The van der Waals surface area contributed by atoms with E-state index in [0.717, 1.165) is 31.5 Å². The number of ether oxygens (including phenoxy) is 1. The van der Waals surface area contributed by atoms with Gasteiger partial charge in [0.2, 0.25) is 5.90 Å². The maximum atomic E-state index is 11.5. The van der Waals surface area contributed by atoms with Gasteiger partial charge in [-0.1, -0.05) is 6.42 Å². The summed E-state index contributed by atoms with van der Waals surface area (Å²) in [4.78, 5) is 15.8. The minimum absolute atomic E-state index is 0.179. The lowest BCUT2D eigenvalue weighted by molar-refractivity contribution is -0.135. The van der Waals surface area contributed by atoms with Gasteiger partial charge in [0.1, 0.15) is 5.69 Å². The molecule has 2 rings (SSSR count). The Labute approximate surface area is 94.9 Å². The average molecular weight is 220 g/mol. The molecule has 0 fully saturated rings. The van der Waals surface area contributed by atoms with Gasteiger partial charge in [0.25, 0.3) is 0 Å². The molecule has 0 radical (unpaired) electrons. The van der Waals surface area contributed by atoms with Gasteiger partial charge in [0.15, 0.2) is 0 Å². The number of rotatable bonds is 1. The largest absolute Gasteiger partial charge is 0.406 e. The van der Waals surface area contributed by atoms with Crippen LogP contribution in [-0.2, 0) is 16.6 Å². The lowest BCUT2D eigenvalue weighted by Crippen LogP contribution is -2.16. The number of aryl methyl sites for hydroxylation is 1. The molecule has 0 spiro atoms. The lowest BCUT2D eigenvalue weighted by atomic mass is 10.2. The average Bonchev–Trinajstić information content (AvgIpc) is 2.70. The highest BCUT2D eigenvalue weighted by Gasteiger charge is 2.14. The first kappa shape index (κ1) is 10.9. The Balaban J connectivity index is 2.22. The van der Waals surface area contributed by atoms with Crippen molar-refractivity contribution in [3.05, 3.63) is 24.0 Å². The highest BCUT2D eigenvalue weighted by atomic mass is 16.5. The minimum Gasteiger partial charge on any atom is -0.406 e. The predicted molar refractivity (Wildman–Crippen MR) is 61.4 cm³/mol. The molecule has 4 nitrogen and oxygen atoms in total. The number of cyclic esters (lactones) is 1. The minimum atomic E-state index is -0.179. The van der Waals surface area contributed by atoms with Gasteiger partial charge in [-0.3, -0.25) is 4.79 Å². The molecule has 2 heterocycles. The van der Waals surface area contributed by atoms with Crippen molar-refractivity contribution in [3.63, 3.8) is 0 Å². The number of nitrogens with zero attached hydrogens (tertiary/aromatic N) is 2. The quantitative estimate of drug-likeness (QED) is 0.678. The van der Waals surface area contributed by atoms with Crippen LogP contribution in [-0.4, -0.2) is 23.0 Å². The van der Waals surface area contributed by atoms with E-state index in [9.17, 15) is 4.79 Å². The zero-order valence-electron chi connectivity index (χ0n) is 9.48. The van der Waals surface area contributed by atoms with Gasteiger partial charge < -0.3 is 9.30 Å². The second-order valence-corrected chi connectivity index (χ2v) is 3.98. The van der Waals surface area contributed by atoms with E-state index in [4.69, 9.17) is 4.74 Å². The molecule has 4 heteroatoms. The third-order valence-corrected chi connectivity index (χ3v) is 2.67. The van der Waals surface area contributed by atoms with Crippen LogP contribution >= 0.6 is 0 Å². The predicted octanol–water partition coefficient (Wildman–Crippen LogP) is 1.89. The van der Waals surface area contributed by atoms with Gasteiger partial charge >= 0.3 is 5.97 Å². The van der Waals surface area contributed by atoms with Crippen LogP contribution in [0.5, 0.6) is 0 Å². The van der Waals surface area contributed by atoms with Crippen LogP contribution in [0.4, 0.5) is 0 Å². The maximum absolute atomic E-state index is 11.5. The molecule has 16 heavy (non-hydrogen) atoms. The van der Waals surface area contributed by atoms with Crippen LogP contribution < -0.4 is 0 Å². The number of aliphatic imine (C=N–C) groups is 1. The van der Waals surface area contributed by atoms with Crippen LogP contribution in [0, 0.1) is 0 Å². The molecule has 0 bridgehead atoms. The first-order valence-corrected chi connectivity index (χ1v) is 5.64. The third kappa shape index (κ3) is 2.51. The van der Waals surface area contributed by atoms with Crippen molar-refractivity contribution >= 4 is 11.9 Å². The fraction of sp³-hybridized carbons (Fsp3) is 0.500. The molecule has 0 aromatic carbocycles. The van der Waals surface area contributed by atoms with Crippen LogP contribution in [0.25, 0.3) is 0 Å². The molecule has 1 aliphatic heterocycles. The Morgan fingerprint density at radius 1 is 1.38 bits per heavy atom. The molecule has 0 N–H and O–H groups in total. The first-order chi connectivity index (χ1) is 7.77. The standard InChI is InChI=1S/C12H16N2O2/c1-14-9-5-6-10(14)12-13-8-4-2-3-7-11(15)16-12/h5-6,9H,2-4,7-8H2,1H3. The van der Waals surface area contributed by atoms with Crippen molar-refractivity contribution in [2.75, 3.05) is 6.54 Å². The van der Waals surface area contributed by atoms with Crippen LogP contribution in [0.15, 0.2) is 23.3 Å². The summed E-state index contributed by atoms with van der Waals surface area (Å²) < 4.78 is 7.19. The Bertz CT molecular complexity index is 407. The van der Waals surface area contributed by atoms with E-state index in [0.29, 0.717) is 12.3 Å². The number of aromatic nitrogens is 1. The molecule has 0 aliphatic carbocycles. The van der Waals surface area contributed by atoms with E-state index in [1.54, 1.807) is 0 Å². The SMILES string of the molecule is Cn1cccc1C1=NCCCCCC(=O)O1. The molecule has 0 saturated heterocycles. The van der Waals surface area contributed by atoms with Crippen molar-refractivity contribution in [3.8, 4) is 0 Å². The Hall–Kier alpha value is -1.58. The topological polar surface area (TPSA) is 43.6 Å². The van der Waals surface area contributed by atoms with E-state index >= 15 is 0 Å². The number of carbonyl (C=O) groups is 1. The van der Waals surface area contributed by atoms with Crippen molar-refractivity contribution in [2.45, 2.75) is 25.7 Å². The Morgan fingerprint density at radius 3 is 3.00 bits per heavy atom. The Morgan fingerprint density at radius 2 is 2.25 bits per heavy atom. The lowest BCUT2D eigenvalue weighted by Gasteiger charge is -2.07. The zero-order chi connectivity index (χ0) is 11.4. The summed E-state index contributed by atoms with van der Waals surface area (Å²) in [6, 6.07) is 3.82. The summed E-state index contributed by atoms with van der Waals surface area (Å²) in [5.74, 6) is 0.279. The fourth-order valence-electron chi connectivity index (χ4n) is 1.75. The van der Waals surface area contributed by atoms with Crippen molar-refractivity contribution < 1.29 is 9.53 Å². The van der Waals surface area contributed by atoms with Gasteiger partial charge in [-0.25, -0.2) is 4.99 Å². The molecular formula is C12H16N2O2. The molecule has 0 unspecified atom stereocenters.